The highest BCUT2D eigenvalue weighted by molar-refractivity contribution is 6.08. The van der Waals surface area contributed by atoms with Crippen LogP contribution >= 0.6 is 0 Å². The second-order valence-corrected chi connectivity index (χ2v) is 4.21. The van der Waals surface area contributed by atoms with Gasteiger partial charge in [0.15, 0.2) is 0 Å². The molecule has 1 aromatic heterocycles. The molecule has 18 heavy (non-hydrogen) atoms. The number of benzene rings is 1. The van der Waals surface area contributed by atoms with Crippen LogP contribution in [0.2, 0.25) is 0 Å². The lowest BCUT2D eigenvalue weighted by Crippen LogP contribution is -2.15. The first-order chi connectivity index (χ1) is 8.50. The van der Waals surface area contributed by atoms with E-state index in [0.717, 1.165) is 17.1 Å². The third-order valence-corrected chi connectivity index (χ3v) is 2.95. The second kappa shape index (κ2) is 4.52. The fourth-order valence-corrected chi connectivity index (χ4v) is 1.84. The zero-order valence-corrected chi connectivity index (χ0v) is 10.7. The number of para-hydroxylation sites is 1. The van der Waals surface area contributed by atoms with Crippen molar-refractivity contribution < 1.29 is 4.79 Å². The predicted octanol–water partition coefficient (Wildman–Crippen LogP) is 1.87. The standard InChI is InChI=1S/C13H16N4O/c1-8-12(9(2)17(3)16-8)15-13(18)10-6-4-5-7-11(10)14/h4-7H,14H2,1-3H3,(H,15,18). The molecule has 0 bridgehead atoms. The Morgan fingerprint density at radius 1 is 1.33 bits per heavy atom. The molecule has 0 spiro atoms. The van der Waals surface area contributed by atoms with Gasteiger partial charge in [0, 0.05) is 12.7 Å². The Balaban J connectivity index is 2.30. The molecule has 0 saturated heterocycles. The molecule has 94 valence electrons. The molecule has 0 unspecified atom stereocenters. The number of nitrogens with two attached hydrogens (primary N) is 1. The average Bonchev–Trinajstić information content (AvgIpc) is 2.56. The Labute approximate surface area is 106 Å². The Morgan fingerprint density at radius 2 is 2.00 bits per heavy atom. The minimum Gasteiger partial charge on any atom is -0.398 e. The fourth-order valence-electron chi connectivity index (χ4n) is 1.84. The van der Waals surface area contributed by atoms with Gasteiger partial charge in [0.05, 0.1) is 22.6 Å². The van der Waals surface area contributed by atoms with E-state index in [-0.39, 0.29) is 5.91 Å². The van der Waals surface area contributed by atoms with Gasteiger partial charge in [0.1, 0.15) is 0 Å². The second-order valence-electron chi connectivity index (χ2n) is 4.21. The number of nitrogen functional groups attached to an aromatic ring is 1. The summed E-state index contributed by atoms with van der Waals surface area (Å²) in [4.78, 5) is 12.1. The number of amides is 1. The summed E-state index contributed by atoms with van der Waals surface area (Å²) in [6.45, 7) is 3.76. The van der Waals surface area contributed by atoms with E-state index in [0.29, 0.717) is 11.3 Å². The lowest BCUT2D eigenvalue weighted by Gasteiger charge is -2.07. The highest BCUT2D eigenvalue weighted by Crippen LogP contribution is 2.20. The van der Waals surface area contributed by atoms with Crippen LogP contribution in [0.25, 0.3) is 0 Å². The van der Waals surface area contributed by atoms with Gasteiger partial charge in [-0.1, -0.05) is 12.1 Å². The van der Waals surface area contributed by atoms with Gasteiger partial charge in [-0.2, -0.15) is 5.10 Å². The van der Waals surface area contributed by atoms with Crippen molar-refractivity contribution in [1.82, 2.24) is 9.78 Å². The zero-order chi connectivity index (χ0) is 13.3. The molecule has 0 fully saturated rings. The van der Waals surface area contributed by atoms with Crippen molar-refractivity contribution >= 4 is 17.3 Å². The maximum absolute atomic E-state index is 12.1. The van der Waals surface area contributed by atoms with Gasteiger partial charge in [-0.3, -0.25) is 9.48 Å². The summed E-state index contributed by atoms with van der Waals surface area (Å²) in [6.07, 6.45) is 0. The molecule has 0 aliphatic heterocycles. The Morgan fingerprint density at radius 3 is 2.56 bits per heavy atom. The zero-order valence-electron chi connectivity index (χ0n) is 10.7. The van der Waals surface area contributed by atoms with Crippen molar-refractivity contribution in [3.8, 4) is 0 Å². The number of nitrogens with zero attached hydrogens (tertiary/aromatic N) is 2. The van der Waals surface area contributed by atoms with Crippen LogP contribution in [0.3, 0.4) is 0 Å². The summed E-state index contributed by atoms with van der Waals surface area (Å²) >= 11 is 0. The van der Waals surface area contributed by atoms with Gasteiger partial charge in [-0.25, -0.2) is 0 Å². The molecule has 2 rings (SSSR count). The fraction of sp³-hybridized carbons (Fsp3) is 0.231. The monoisotopic (exact) mass is 244 g/mol. The molecular formula is C13H16N4O. The number of rotatable bonds is 2. The van der Waals surface area contributed by atoms with Crippen molar-refractivity contribution in [3.05, 3.63) is 41.2 Å². The topological polar surface area (TPSA) is 72.9 Å². The van der Waals surface area contributed by atoms with Crippen LogP contribution in [-0.2, 0) is 7.05 Å². The SMILES string of the molecule is Cc1nn(C)c(C)c1NC(=O)c1ccccc1N. The van der Waals surface area contributed by atoms with Gasteiger partial charge in [-0.05, 0) is 26.0 Å². The molecule has 0 aliphatic rings. The van der Waals surface area contributed by atoms with Crippen LogP contribution in [0.15, 0.2) is 24.3 Å². The van der Waals surface area contributed by atoms with E-state index in [2.05, 4.69) is 10.4 Å². The van der Waals surface area contributed by atoms with E-state index in [9.17, 15) is 4.79 Å². The van der Waals surface area contributed by atoms with Gasteiger partial charge in [0.2, 0.25) is 0 Å². The van der Waals surface area contributed by atoms with Gasteiger partial charge < -0.3 is 11.1 Å². The minimum atomic E-state index is -0.215. The molecule has 1 amide bonds. The quantitative estimate of drug-likeness (QED) is 0.792. The van der Waals surface area contributed by atoms with Gasteiger partial charge >= 0.3 is 0 Å². The largest absolute Gasteiger partial charge is 0.398 e. The predicted molar refractivity (Wildman–Crippen MR) is 71.5 cm³/mol. The van der Waals surface area contributed by atoms with Crippen LogP contribution in [0.1, 0.15) is 21.7 Å². The van der Waals surface area contributed by atoms with E-state index in [4.69, 9.17) is 5.73 Å². The van der Waals surface area contributed by atoms with Crippen LogP contribution in [0.4, 0.5) is 11.4 Å². The van der Waals surface area contributed by atoms with Gasteiger partial charge in [-0.15, -0.1) is 0 Å². The van der Waals surface area contributed by atoms with E-state index in [1.54, 1.807) is 28.9 Å². The molecule has 0 saturated carbocycles. The smallest absolute Gasteiger partial charge is 0.257 e. The molecule has 1 heterocycles. The lowest BCUT2D eigenvalue weighted by atomic mass is 10.1. The van der Waals surface area contributed by atoms with Crippen LogP contribution in [0.5, 0.6) is 0 Å². The van der Waals surface area contributed by atoms with Crippen LogP contribution < -0.4 is 11.1 Å². The number of aryl methyl sites for hydroxylation is 2. The van der Waals surface area contributed by atoms with Gasteiger partial charge in [0.25, 0.3) is 5.91 Å². The van der Waals surface area contributed by atoms with Crippen LogP contribution in [0, 0.1) is 13.8 Å². The maximum atomic E-state index is 12.1. The van der Waals surface area contributed by atoms with Crippen molar-refractivity contribution in [1.29, 1.82) is 0 Å². The lowest BCUT2D eigenvalue weighted by molar-refractivity contribution is 0.102. The maximum Gasteiger partial charge on any atom is 0.257 e. The van der Waals surface area contributed by atoms with Crippen molar-refractivity contribution in [3.63, 3.8) is 0 Å². The highest BCUT2D eigenvalue weighted by atomic mass is 16.1. The first-order valence-electron chi connectivity index (χ1n) is 5.66. The average molecular weight is 244 g/mol. The Kier molecular flexibility index (Phi) is 3.06. The molecule has 2 aromatic rings. The number of aromatic nitrogens is 2. The normalized spacial score (nSPS) is 10.4. The Hall–Kier alpha value is -2.30. The van der Waals surface area contributed by atoms with Crippen molar-refractivity contribution in [2.45, 2.75) is 13.8 Å². The summed E-state index contributed by atoms with van der Waals surface area (Å²) in [5.41, 5.74) is 9.16. The first-order valence-corrected chi connectivity index (χ1v) is 5.66. The Bertz CT molecular complexity index is 601. The molecule has 0 radical (unpaired) electrons. The molecule has 5 nitrogen and oxygen atoms in total. The molecule has 1 aromatic carbocycles. The van der Waals surface area contributed by atoms with E-state index in [1.165, 1.54) is 0 Å². The number of hydrogen-bond donors (Lipinski definition) is 2. The van der Waals surface area contributed by atoms with Crippen molar-refractivity contribution in [2.24, 2.45) is 7.05 Å². The summed E-state index contributed by atoms with van der Waals surface area (Å²) in [5.74, 6) is -0.215. The molecule has 0 aliphatic carbocycles. The highest BCUT2D eigenvalue weighted by Gasteiger charge is 2.14. The molecule has 3 N–H and O–H groups in total. The van der Waals surface area contributed by atoms with Crippen molar-refractivity contribution in [2.75, 3.05) is 11.1 Å². The summed E-state index contributed by atoms with van der Waals surface area (Å²) in [7, 11) is 1.84. The molecular weight excluding hydrogens is 228 g/mol. The number of hydrogen-bond acceptors (Lipinski definition) is 3. The van der Waals surface area contributed by atoms with E-state index >= 15 is 0 Å². The summed E-state index contributed by atoms with van der Waals surface area (Å²) < 4.78 is 1.74. The molecule has 0 atom stereocenters. The summed E-state index contributed by atoms with van der Waals surface area (Å²) in [6, 6.07) is 6.99. The third kappa shape index (κ3) is 2.07. The van der Waals surface area contributed by atoms with Crippen LogP contribution in [-0.4, -0.2) is 15.7 Å². The number of carbonyl (C=O) groups is 1. The third-order valence-electron chi connectivity index (χ3n) is 2.95. The van der Waals surface area contributed by atoms with E-state index in [1.807, 2.05) is 20.9 Å². The number of nitrogens with one attached hydrogen (secondary N) is 1. The number of anilines is 2. The first kappa shape index (κ1) is 12.2. The number of carbonyl (C=O) groups excluding carboxylic acids is 1. The summed E-state index contributed by atoms with van der Waals surface area (Å²) in [5, 5.41) is 7.10. The van der Waals surface area contributed by atoms with E-state index < -0.39 is 0 Å². The minimum absolute atomic E-state index is 0.215. The molecule has 5 heteroatoms.